The number of aryl methyl sites for hydroxylation is 1. The molecule has 0 spiro atoms. The molecule has 0 saturated carbocycles. The van der Waals surface area contributed by atoms with Gasteiger partial charge in [-0.2, -0.15) is 18.3 Å². The molecule has 106 valence electrons. The summed E-state index contributed by atoms with van der Waals surface area (Å²) in [4.78, 5) is 11.9. The van der Waals surface area contributed by atoms with Gasteiger partial charge in [0.1, 0.15) is 5.02 Å². The van der Waals surface area contributed by atoms with Crippen LogP contribution in [-0.2, 0) is 13.2 Å². The van der Waals surface area contributed by atoms with E-state index in [0.29, 0.717) is 10.4 Å². The van der Waals surface area contributed by atoms with Crippen LogP contribution in [-0.4, -0.2) is 15.7 Å². The third-order valence-corrected chi connectivity index (χ3v) is 2.86. The van der Waals surface area contributed by atoms with E-state index in [1.165, 1.54) is 0 Å². The molecule has 20 heavy (non-hydrogen) atoms. The number of alkyl halides is 3. The lowest BCUT2D eigenvalue weighted by molar-refractivity contribution is -0.143. The summed E-state index contributed by atoms with van der Waals surface area (Å²) in [6.07, 6.45) is -4.68. The van der Waals surface area contributed by atoms with Crippen LogP contribution in [0.1, 0.15) is 16.2 Å². The summed E-state index contributed by atoms with van der Waals surface area (Å²) in [6, 6.07) is 8.29. The molecule has 1 aromatic carbocycles. The summed E-state index contributed by atoms with van der Waals surface area (Å²) in [5.41, 5.74) is -1.18. The van der Waals surface area contributed by atoms with Crippen LogP contribution >= 0.6 is 11.6 Å². The maximum absolute atomic E-state index is 12.7. The molecule has 1 aromatic heterocycles. The molecule has 0 bridgehead atoms. The average molecular weight is 304 g/mol. The van der Waals surface area contributed by atoms with Gasteiger partial charge in [0.05, 0.1) is 0 Å². The van der Waals surface area contributed by atoms with Crippen LogP contribution in [0, 0.1) is 0 Å². The number of hydrogen-bond acceptors (Lipinski definition) is 2. The minimum Gasteiger partial charge on any atom is -0.321 e. The predicted molar refractivity (Wildman–Crippen MR) is 67.6 cm³/mol. The first-order valence-electron chi connectivity index (χ1n) is 5.47. The van der Waals surface area contributed by atoms with Gasteiger partial charge in [-0.3, -0.25) is 9.48 Å². The van der Waals surface area contributed by atoms with Crippen LogP contribution < -0.4 is 5.32 Å². The SMILES string of the molecule is Cn1nc(C(=O)Nc2ccccc2)c(Cl)c1C(F)(F)F. The number of amides is 1. The molecule has 4 nitrogen and oxygen atoms in total. The number of carbonyl (C=O) groups excluding carboxylic acids is 1. The van der Waals surface area contributed by atoms with E-state index in [9.17, 15) is 18.0 Å². The van der Waals surface area contributed by atoms with Gasteiger partial charge in [0.2, 0.25) is 0 Å². The van der Waals surface area contributed by atoms with Crippen molar-refractivity contribution in [1.29, 1.82) is 0 Å². The van der Waals surface area contributed by atoms with E-state index in [1.807, 2.05) is 0 Å². The Morgan fingerprint density at radius 2 is 1.90 bits per heavy atom. The molecule has 2 rings (SSSR count). The van der Waals surface area contributed by atoms with Crippen molar-refractivity contribution >= 4 is 23.2 Å². The zero-order valence-corrected chi connectivity index (χ0v) is 11.0. The maximum atomic E-state index is 12.7. The zero-order chi connectivity index (χ0) is 14.9. The summed E-state index contributed by atoms with van der Waals surface area (Å²) < 4.78 is 38.8. The Bertz CT molecular complexity index is 637. The lowest BCUT2D eigenvalue weighted by Crippen LogP contribution is -2.13. The van der Waals surface area contributed by atoms with Crippen LogP contribution in [0.5, 0.6) is 0 Å². The van der Waals surface area contributed by atoms with Crippen LogP contribution in [0.3, 0.4) is 0 Å². The fraction of sp³-hybridized carbons (Fsp3) is 0.167. The van der Waals surface area contributed by atoms with Gasteiger partial charge in [0, 0.05) is 12.7 Å². The largest absolute Gasteiger partial charge is 0.434 e. The van der Waals surface area contributed by atoms with Crippen molar-refractivity contribution in [2.45, 2.75) is 6.18 Å². The third-order valence-electron chi connectivity index (χ3n) is 2.50. The smallest absolute Gasteiger partial charge is 0.321 e. The van der Waals surface area contributed by atoms with Gasteiger partial charge in [0.25, 0.3) is 5.91 Å². The van der Waals surface area contributed by atoms with E-state index in [-0.39, 0.29) is 0 Å². The quantitative estimate of drug-likeness (QED) is 0.925. The van der Waals surface area contributed by atoms with Crippen molar-refractivity contribution in [2.75, 3.05) is 5.32 Å². The highest BCUT2D eigenvalue weighted by Gasteiger charge is 2.39. The van der Waals surface area contributed by atoms with Crippen LogP contribution in [0.4, 0.5) is 18.9 Å². The molecule has 8 heteroatoms. The first kappa shape index (κ1) is 14.4. The van der Waals surface area contributed by atoms with E-state index in [1.54, 1.807) is 30.3 Å². The molecule has 0 saturated heterocycles. The standard InChI is InChI=1S/C12H9ClF3N3O/c1-19-10(12(14,15)16)8(13)9(18-19)11(20)17-7-5-3-2-4-6-7/h2-6H,1H3,(H,17,20). The topological polar surface area (TPSA) is 46.9 Å². The Morgan fingerprint density at radius 1 is 1.30 bits per heavy atom. The zero-order valence-electron chi connectivity index (χ0n) is 10.2. The number of carbonyl (C=O) groups is 1. The summed E-state index contributed by atoms with van der Waals surface area (Å²) in [6.45, 7) is 0. The minimum atomic E-state index is -4.68. The van der Waals surface area contributed by atoms with Crippen molar-refractivity contribution in [3.63, 3.8) is 0 Å². The highest BCUT2D eigenvalue weighted by molar-refractivity contribution is 6.34. The number of halogens is 4. The number of hydrogen-bond donors (Lipinski definition) is 1. The van der Waals surface area contributed by atoms with Crippen molar-refractivity contribution in [3.8, 4) is 0 Å². The Morgan fingerprint density at radius 3 is 2.40 bits per heavy atom. The van der Waals surface area contributed by atoms with Gasteiger partial charge in [-0.05, 0) is 12.1 Å². The molecule has 2 aromatic rings. The van der Waals surface area contributed by atoms with Crippen LogP contribution in [0.15, 0.2) is 30.3 Å². The van der Waals surface area contributed by atoms with Gasteiger partial charge >= 0.3 is 6.18 Å². The molecule has 0 unspecified atom stereocenters. The number of nitrogens with one attached hydrogen (secondary N) is 1. The maximum Gasteiger partial charge on any atom is 0.434 e. The van der Waals surface area contributed by atoms with Crippen LogP contribution in [0.25, 0.3) is 0 Å². The summed E-state index contributed by atoms with van der Waals surface area (Å²) >= 11 is 5.61. The van der Waals surface area contributed by atoms with Gasteiger partial charge in [-0.15, -0.1) is 0 Å². The van der Waals surface area contributed by atoms with E-state index in [4.69, 9.17) is 11.6 Å². The Hall–Kier alpha value is -2.02. The van der Waals surface area contributed by atoms with Crippen molar-refractivity contribution in [3.05, 3.63) is 46.7 Å². The number of rotatable bonds is 2. The summed E-state index contributed by atoms with van der Waals surface area (Å²) in [5.74, 6) is -0.799. The number of benzene rings is 1. The van der Waals surface area contributed by atoms with Crippen molar-refractivity contribution < 1.29 is 18.0 Å². The van der Waals surface area contributed by atoms with Gasteiger partial charge in [-0.25, -0.2) is 0 Å². The fourth-order valence-corrected chi connectivity index (χ4v) is 2.02. The second kappa shape index (κ2) is 5.16. The molecule has 0 atom stereocenters. The summed E-state index contributed by atoms with van der Waals surface area (Å²) in [7, 11) is 1.08. The number of aromatic nitrogens is 2. The molecular formula is C12H9ClF3N3O. The minimum absolute atomic E-state index is 0.438. The van der Waals surface area contributed by atoms with Crippen molar-refractivity contribution in [1.82, 2.24) is 9.78 Å². The molecule has 0 aliphatic carbocycles. The van der Waals surface area contributed by atoms with Crippen molar-refractivity contribution in [2.24, 2.45) is 7.05 Å². The molecule has 0 fully saturated rings. The highest BCUT2D eigenvalue weighted by atomic mass is 35.5. The number of nitrogens with zero attached hydrogens (tertiary/aromatic N) is 2. The fourth-order valence-electron chi connectivity index (χ4n) is 1.66. The first-order valence-corrected chi connectivity index (χ1v) is 5.84. The molecular weight excluding hydrogens is 295 g/mol. The van der Waals surface area contributed by atoms with Gasteiger partial charge in [0.15, 0.2) is 11.4 Å². The molecule has 0 aliphatic rings. The molecule has 1 heterocycles. The lowest BCUT2D eigenvalue weighted by Gasteiger charge is -2.06. The normalized spacial score (nSPS) is 11.4. The van der Waals surface area contributed by atoms with E-state index >= 15 is 0 Å². The average Bonchev–Trinajstić information content (AvgIpc) is 2.65. The predicted octanol–water partition coefficient (Wildman–Crippen LogP) is 3.34. The molecule has 1 N–H and O–H groups in total. The molecule has 0 aliphatic heterocycles. The Kier molecular flexibility index (Phi) is 3.71. The summed E-state index contributed by atoms with van der Waals surface area (Å²) in [5, 5.41) is 5.24. The van der Waals surface area contributed by atoms with E-state index in [2.05, 4.69) is 10.4 Å². The second-order valence-corrected chi connectivity index (χ2v) is 4.33. The Balaban J connectivity index is 2.33. The third kappa shape index (κ3) is 2.77. The lowest BCUT2D eigenvalue weighted by atomic mass is 10.3. The first-order chi connectivity index (χ1) is 9.30. The second-order valence-electron chi connectivity index (χ2n) is 3.95. The van der Waals surface area contributed by atoms with E-state index < -0.39 is 28.5 Å². The number of anilines is 1. The van der Waals surface area contributed by atoms with Gasteiger partial charge in [-0.1, -0.05) is 29.8 Å². The molecule has 1 amide bonds. The van der Waals surface area contributed by atoms with Crippen LogP contribution in [0.2, 0.25) is 5.02 Å². The molecule has 0 radical (unpaired) electrons. The Labute approximate surface area is 117 Å². The monoisotopic (exact) mass is 303 g/mol. The van der Waals surface area contributed by atoms with Gasteiger partial charge < -0.3 is 5.32 Å². The highest BCUT2D eigenvalue weighted by Crippen LogP contribution is 2.36. The van der Waals surface area contributed by atoms with E-state index in [0.717, 1.165) is 7.05 Å². The number of para-hydroxylation sites is 1.